The summed E-state index contributed by atoms with van der Waals surface area (Å²) in [7, 11) is 3.22. The fourth-order valence-electron chi connectivity index (χ4n) is 2.67. The standard InChI is InChI=1S/C21H20N4O2/c1-22-21(27)19-18(14-25(2)24-19)23-20(26)17(16-11-7-4-8-12-16)13-15-9-5-3-6-10-15/h3-14H,1-2H3,(H,22,27)(H,23,26)/b17-13-. The second-order valence-corrected chi connectivity index (χ2v) is 5.93. The van der Waals surface area contributed by atoms with Crippen LogP contribution in [0.4, 0.5) is 5.69 Å². The van der Waals surface area contributed by atoms with Gasteiger partial charge in [0.05, 0.1) is 5.69 Å². The predicted molar refractivity (Wildman–Crippen MR) is 106 cm³/mol. The van der Waals surface area contributed by atoms with Gasteiger partial charge < -0.3 is 10.6 Å². The summed E-state index contributed by atoms with van der Waals surface area (Å²) in [5, 5.41) is 9.46. The van der Waals surface area contributed by atoms with E-state index in [1.807, 2.05) is 66.7 Å². The number of aromatic nitrogens is 2. The zero-order chi connectivity index (χ0) is 19.2. The van der Waals surface area contributed by atoms with Gasteiger partial charge in [-0.3, -0.25) is 14.3 Å². The van der Waals surface area contributed by atoms with E-state index < -0.39 is 0 Å². The molecule has 2 aromatic carbocycles. The van der Waals surface area contributed by atoms with E-state index in [2.05, 4.69) is 15.7 Å². The largest absolute Gasteiger partial charge is 0.354 e. The third-order valence-electron chi connectivity index (χ3n) is 3.96. The van der Waals surface area contributed by atoms with Crippen LogP contribution < -0.4 is 10.6 Å². The lowest BCUT2D eigenvalue weighted by molar-refractivity contribution is -0.111. The van der Waals surface area contributed by atoms with Gasteiger partial charge >= 0.3 is 0 Å². The summed E-state index contributed by atoms with van der Waals surface area (Å²) >= 11 is 0. The molecule has 0 aliphatic rings. The number of hydrogen-bond donors (Lipinski definition) is 2. The summed E-state index contributed by atoms with van der Waals surface area (Å²) in [5.41, 5.74) is 2.71. The molecule has 2 amide bonds. The van der Waals surface area contributed by atoms with E-state index in [4.69, 9.17) is 0 Å². The molecule has 0 radical (unpaired) electrons. The molecule has 3 aromatic rings. The van der Waals surface area contributed by atoms with Gasteiger partial charge in [-0.1, -0.05) is 60.7 Å². The van der Waals surface area contributed by atoms with E-state index in [9.17, 15) is 9.59 Å². The molecule has 0 fully saturated rings. The van der Waals surface area contributed by atoms with E-state index in [1.165, 1.54) is 11.7 Å². The van der Waals surface area contributed by atoms with Crippen LogP contribution in [0.3, 0.4) is 0 Å². The maximum atomic E-state index is 13.0. The van der Waals surface area contributed by atoms with E-state index in [0.717, 1.165) is 11.1 Å². The lowest BCUT2D eigenvalue weighted by Crippen LogP contribution is -2.22. The summed E-state index contributed by atoms with van der Waals surface area (Å²) in [6.45, 7) is 0. The normalized spacial score (nSPS) is 11.1. The molecule has 6 nitrogen and oxygen atoms in total. The Bertz CT molecular complexity index is 976. The molecule has 1 heterocycles. The summed E-state index contributed by atoms with van der Waals surface area (Å²) in [6.07, 6.45) is 3.42. The van der Waals surface area contributed by atoms with Crippen molar-refractivity contribution in [2.75, 3.05) is 12.4 Å². The van der Waals surface area contributed by atoms with Crippen molar-refractivity contribution < 1.29 is 9.59 Å². The van der Waals surface area contributed by atoms with Crippen LogP contribution in [0.5, 0.6) is 0 Å². The molecular formula is C21H20N4O2. The van der Waals surface area contributed by atoms with Crippen molar-refractivity contribution >= 4 is 29.2 Å². The zero-order valence-electron chi connectivity index (χ0n) is 15.1. The van der Waals surface area contributed by atoms with Crippen LogP contribution in [0.15, 0.2) is 66.9 Å². The number of amides is 2. The van der Waals surface area contributed by atoms with Crippen molar-refractivity contribution in [2.45, 2.75) is 0 Å². The van der Waals surface area contributed by atoms with E-state index in [-0.39, 0.29) is 17.5 Å². The van der Waals surface area contributed by atoms with E-state index in [0.29, 0.717) is 11.3 Å². The van der Waals surface area contributed by atoms with Crippen molar-refractivity contribution in [3.05, 3.63) is 83.7 Å². The number of carbonyl (C=O) groups is 2. The Morgan fingerprint density at radius 3 is 2.26 bits per heavy atom. The van der Waals surface area contributed by atoms with Crippen LogP contribution in [0.2, 0.25) is 0 Å². The smallest absolute Gasteiger partial charge is 0.273 e. The fraction of sp³-hybridized carbons (Fsp3) is 0.0952. The molecule has 0 aliphatic heterocycles. The molecule has 6 heteroatoms. The Balaban J connectivity index is 1.98. The first-order valence-electron chi connectivity index (χ1n) is 8.47. The maximum absolute atomic E-state index is 13.0. The lowest BCUT2D eigenvalue weighted by Gasteiger charge is -2.09. The summed E-state index contributed by atoms with van der Waals surface area (Å²) in [6, 6.07) is 19.0. The van der Waals surface area contributed by atoms with Gasteiger partial charge in [0.1, 0.15) is 0 Å². The Morgan fingerprint density at radius 1 is 1.00 bits per heavy atom. The third-order valence-corrected chi connectivity index (χ3v) is 3.96. The van der Waals surface area contributed by atoms with Gasteiger partial charge in [-0.15, -0.1) is 0 Å². The molecule has 0 saturated heterocycles. The molecule has 0 unspecified atom stereocenters. The highest BCUT2D eigenvalue weighted by Gasteiger charge is 2.19. The summed E-state index contributed by atoms with van der Waals surface area (Å²) in [5.74, 6) is -0.678. The zero-order valence-corrected chi connectivity index (χ0v) is 15.1. The lowest BCUT2D eigenvalue weighted by atomic mass is 10.0. The minimum atomic E-state index is -0.362. The van der Waals surface area contributed by atoms with E-state index >= 15 is 0 Å². The van der Waals surface area contributed by atoms with Crippen molar-refractivity contribution in [3.63, 3.8) is 0 Å². The number of rotatable bonds is 5. The van der Waals surface area contributed by atoms with Crippen LogP contribution in [0.25, 0.3) is 11.6 Å². The average molecular weight is 360 g/mol. The SMILES string of the molecule is CNC(=O)c1nn(C)cc1NC(=O)/C(=C\c1ccccc1)c1ccccc1. The van der Waals surface area contributed by atoms with Crippen molar-refractivity contribution in [1.82, 2.24) is 15.1 Å². The molecule has 3 rings (SSSR count). The van der Waals surface area contributed by atoms with Crippen LogP contribution in [0, 0.1) is 0 Å². The molecule has 0 spiro atoms. The van der Waals surface area contributed by atoms with Crippen molar-refractivity contribution in [3.8, 4) is 0 Å². The second kappa shape index (κ2) is 8.14. The fourth-order valence-corrected chi connectivity index (χ4v) is 2.67. The number of hydrogen-bond acceptors (Lipinski definition) is 3. The van der Waals surface area contributed by atoms with Crippen molar-refractivity contribution in [1.29, 1.82) is 0 Å². The predicted octanol–water partition coefficient (Wildman–Crippen LogP) is 2.96. The second-order valence-electron chi connectivity index (χ2n) is 5.93. The number of anilines is 1. The van der Waals surface area contributed by atoms with Gasteiger partial charge in [0.15, 0.2) is 5.69 Å². The van der Waals surface area contributed by atoms with E-state index in [1.54, 1.807) is 13.2 Å². The highest BCUT2D eigenvalue weighted by molar-refractivity contribution is 6.29. The minimum absolute atomic E-state index is 0.167. The quantitative estimate of drug-likeness (QED) is 0.542. The highest BCUT2D eigenvalue weighted by Crippen LogP contribution is 2.22. The van der Waals surface area contributed by atoms with Crippen LogP contribution >= 0.6 is 0 Å². The Morgan fingerprint density at radius 2 is 1.63 bits per heavy atom. The molecule has 136 valence electrons. The van der Waals surface area contributed by atoms with Gasteiger partial charge in [0, 0.05) is 25.9 Å². The van der Waals surface area contributed by atoms with Crippen molar-refractivity contribution in [2.24, 2.45) is 7.05 Å². The van der Waals surface area contributed by atoms with Gasteiger partial charge in [-0.25, -0.2) is 0 Å². The molecule has 27 heavy (non-hydrogen) atoms. The number of nitrogens with one attached hydrogen (secondary N) is 2. The summed E-state index contributed by atoms with van der Waals surface area (Å²) in [4.78, 5) is 25.0. The van der Waals surface area contributed by atoms with Crippen LogP contribution in [-0.4, -0.2) is 28.6 Å². The summed E-state index contributed by atoms with van der Waals surface area (Å²) < 4.78 is 1.49. The molecule has 0 aliphatic carbocycles. The first kappa shape index (κ1) is 18.1. The maximum Gasteiger partial charge on any atom is 0.273 e. The Labute approximate surface area is 157 Å². The number of aryl methyl sites for hydroxylation is 1. The monoisotopic (exact) mass is 360 g/mol. The molecular weight excluding hydrogens is 340 g/mol. The van der Waals surface area contributed by atoms with Gasteiger partial charge in [-0.2, -0.15) is 5.10 Å². The first-order valence-corrected chi connectivity index (χ1v) is 8.47. The van der Waals surface area contributed by atoms with Crippen LogP contribution in [-0.2, 0) is 11.8 Å². The third kappa shape index (κ3) is 4.30. The van der Waals surface area contributed by atoms with Gasteiger partial charge in [-0.05, 0) is 17.2 Å². The molecule has 0 saturated carbocycles. The Hall–Kier alpha value is -3.67. The van der Waals surface area contributed by atoms with Crippen LogP contribution in [0.1, 0.15) is 21.6 Å². The average Bonchev–Trinajstić information content (AvgIpc) is 3.07. The number of nitrogens with zero attached hydrogens (tertiary/aromatic N) is 2. The molecule has 0 bridgehead atoms. The molecule has 1 aromatic heterocycles. The topological polar surface area (TPSA) is 76.0 Å². The Kier molecular flexibility index (Phi) is 5.47. The van der Waals surface area contributed by atoms with Gasteiger partial charge in [0.2, 0.25) is 0 Å². The first-order chi connectivity index (χ1) is 13.1. The number of carbonyl (C=O) groups excluding carboxylic acids is 2. The highest BCUT2D eigenvalue weighted by atomic mass is 16.2. The minimum Gasteiger partial charge on any atom is -0.354 e. The molecule has 2 N–H and O–H groups in total. The molecule has 0 atom stereocenters. The van der Waals surface area contributed by atoms with Gasteiger partial charge in [0.25, 0.3) is 11.8 Å². The number of benzene rings is 2.